The summed E-state index contributed by atoms with van der Waals surface area (Å²) < 4.78 is 5.95. The maximum Gasteiger partial charge on any atom is 0.144 e. The minimum atomic E-state index is -0.126. The minimum Gasteiger partial charge on any atom is -0.372 e. The van der Waals surface area contributed by atoms with Gasteiger partial charge < -0.3 is 4.74 Å². The minimum absolute atomic E-state index is 0.126. The van der Waals surface area contributed by atoms with Gasteiger partial charge >= 0.3 is 0 Å². The first kappa shape index (κ1) is 12.2. The summed E-state index contributed by atoms with van der Waals surface area (Å²) in [5, 5.41) is 0.733. The number of benzene rings is 1. The fourth-order valence-electron chi connectivity index (χ4n) is 3.26. The van der Waals surface area contributed by atoms with Crippen LogP contribution in [0.25, 0.3) is 0 Å². The zero-order valence-corrected chi connectivity index (χ0v) is 11.1. The van der Waals surface area contributed by atoms with Crippen LogP contribution in [0.3, 0.4) is 0 Å². The average Bonchev–Trinajstić information content (AvgIpc) is 2.86. The van der Waals surface area contributed by atoms with Crippen LogP contribution in [0.5, 0.6) is 0 Å². The Bertz CT molecular complexity index is 463. The van der Waals surface area contributed by atoms with Crippen molar-refractivity contribution in [2.45, 2.75) is 44.8 Å². The van der Waals surface area contributed by atoms with E-state index >= 15 is 0 Å². The second kappa shape index (κ2) is 4.67. The zero-order valence-electron chi connectivity index (χ0n) is 10.3. The van der Waals surface area contributed by atoms with Crippen LogP contribution in [0.4, 0.5) is 0 Å². The molecule has 2 fully saturated rings. The summed E-state index contributed by atoms with van der Waals surface area (Å²) in [6, 6.07) is 7.71. The van der Waals surface area contributed by atoms with Gasteiger partial charge in [0.05, 0.1) is 18.1 Å². The van der Waals surface area contributed by atoms with Crippen molar-refractivity contribution in [2.24, 2.45) is 5.41 Å². The van der Waals surface area contributed by atoms with Gasteiger partial charge in [0.1, 0.15) is 5.78 Å². The molecule has 0 saturated heterocycles. The molecule has 96 valence electrons. The van der Waals surface area contributed by atoms with Crippen molar-refractivity contribution in [3.8, 4) is 0 Å². The molecule has 0 heterocycles. The number of carbonyl (C=O) groups is 1. The highest BCUT2D eigenvalue weighted by molar-refractivity contribution is 6.30. The lowest BCUT2D eigenvalue weighted by Gasteiger charge is -2.44. The van der Waals surface area contributed by atoms with E-state index in [0.717, 1.165) is 23.4 Å². The first-order chi connectivity index (χ1) is 8.71. The Labute approximate surface area is 112 Å². The van der Waals surface area contributed by atoms with E-state index in [1.807, 2.05) is 24.3 Å². The second-order valence-electron chi connectivity index (χ2n) is 5.42. The summed E-state index contributed by atoms with van der Waals surface area (Å²) in [6.07, 6.45) is 5.11. The lowest BCUT2D eigenvalue weighted by Crippen LogP contribution is -2.53. The molecule has 0 aliphatic heterocycles. The number of halogens is 1. The van der Waals surface area contributed by atoms with E-state index in [-0.39, 0.29) is 11.5 Å². The van der Waals surface area contributed by atoms with E-state index in [1.165, 1.54) is 12.8 Å². The summed E-state index contributed by atoms with van der Waals surface area (Å²) >= 11 is 5.94. The molecule has 3 rings (SSSR count). The van der Waals surface area contributed by atoms with Crippen molar-refractivity contribution in [3.63, 3.8) is 0 Å². The van der Waals surface area contributed by atoms with Crippen molar-refractivity contribution in [1.29, 1.82) is 0 Å². The molecule has 2 nitrogen and oxygen atoms in total. The smallest absolute Gasteiger partial charge is 0.144 e. The Morgan fingerprint density at radius 2 is 2.11 bits per heavy atom. The topological polar surface area (TPSA) is 26.3 Å². The van der Waals surface area contributed by atoms with E-state index in [4.69, 9.17) is 16.3 Å². The maximum absolute atomic E-state index is 11.8. The second-order valence-corrected chi connectivity index (χ2v) is 5.86. The third kappa shape index (κ3) is 1.98. The van der Waals surface area contributed by atoms with Crippen LogP contribution >= 0.6 is 11.6 Å². The highest BCUT2D eigenvalue weighted by atomic mass is 35.5. The van der Waals surface area contributed by atoms with Crippen molar-refractivity contribution >= 4 is 17.4 Å². The highest BCUT2D eigenvalue weighted by Gasteiger charge is 2.56. The van der Waals surface area contributed by atoms with E-state index in [2.05, 4.69) is 0 Å². The van der Waals surface area contributed by atoms with Crippen LogP contribution in [0.15, 0.2) is 24.3 Å². The molecule has 2 aliphatic carbocycles. The van der Waals surface area contributed by atoms with E-state index in [0.29, 0.717) is 18.8 Å². The van der Waals surface area contributed by atoms with Gasteiger partial charge in [0.15, 0.2) is 0 Å². The molecule has 1 aromatic carbocycles. The predicted molar refractivity (Wildman–Crippen MR) is 70.6 cm³/mol. The highest BCUT2D eigenvalue weighted by Crippen LogP contribution is 2.52. The zero-order chi connectivity index (χ0) is 12.6. The first-order valence-electron chi connectivity index (χ1n) is 6.60. The lowest BCUT2D eigenvalue weighted by molar-refractivity contribution is -0.164. The molecular formula is C15H17ClO2. The molecule has 3 heteroatoms. The standard InChI is InChI=1S/C15H17ClO2/c16-12-5-3-4-11(8-12)10-18-14-9-13(17)15(14)6-1-2-7-15/h3-5,8,14H,1-2,6-7,9-10H2. The molecule has 1 unspecified atom stereocenters. The van der Waals surface area contributed by atoms with Gasteiger partial charge in [0.25, 0.3) is 0 Å². The molecule has 0 bridgehead atoms. The van der Waals surface area contributed by atoms with Crippen LogP contribution in [-0.2, 0) is 16.1 Å². The number of Topliss-reactive ketones (excluding diaryl/α,β-unsaturated/α-hetero) is 1. The van der Waals surface area contributed by atoms with Crippen molar-refractivity contribution in [2.75, 3.05) is 0 Å². The molecule has 0 aromatic heterocycles. The van der Waals surface area contributed by atoms with Crippen LogP contribution < -0.4 is 0 Å². The summed E-state index contributed by atoms with van der Waals surface area (Å²) in [7, 11) is 0. The van der Waals surface area contributed by atoms with Crippen molar-refractivity contribution < 1.29 is 9.53 Å². The lowest BCUT2D eigenvalue weighted by atomic mass is 9.63. The molecule has 1 aromatic rings. The third-order valence-electron chi connectivity index (χ3n) is 4.38. The largest absolute Gasteiger partial charge is 0.372 e. The summed E-state index contributed by atoms with van der Waals surface area (Å²) in [5.74, 6) is 0.413. The fraction of sp³-hybridized carbons (Fsp3) is 0.533. The normalized spacial score (nSPS) is 25.4. The quantitative estimate of drug-likeness (QED) is 0.831. The molecule has 1 atom stereocenters. The van der Waals surface area contributed by atoms with Gasteiger partial charge in [0.2, 0.25) is 0 Å². The maximum atomic E-state index is 11.8. The van der Waals surface area contributed by atoms with Gasteiger partial charge in [-0.3, -0.25) is 4.79 Å². The summed E-state index contributed by atoms with van der Waals surface area (Å²) in [5.41, 5.74) is 0.952. The Balaban J connectivity index is 1.63. The first-order valence-corrected chi connectivity index (χ1v) is 6.98. The molecule has 2 aliphatic rings. The average molecular weight is 265 g/mol. The molecule has 0 N–H and O–H groups in total. The van der Waals surface area contributed by atoms with E-state index in [1.54, 1.807) is 0 Å². The molecular weight excluding hydrogens is 248 g/mol. The number of ketones is 1. The third-order valence-corrected chi connectivity index (χ3v) is 4.61. The van der Waals surface area contributed by atoms with Gasteiger partial charge in [-0.2, -0.15) is 0 Å². The van der Waals surface area contributed by atoms with Gasteiger partial charge in [-0.1, -0.05) is 36.6 Å². The molecule has 0 radical (unpaired) electrons. The monoisotopic (exact) mass is 264 g/mol. The van der Waals surface area contributed by atoms with Gasteiger partial charge in [-0.25, -0.2) is 0 Å². The molecule has 18 heavy (non-hydrogen) atoms. The number of ether oxygens (including phenoxy) is 1. The Morgan fingerprint density at radius 3 is 2.78 bits per heavy atom. The molecule has 2 saturated carbocycles. The van der Waals surface area contributed by atoms with Crippen molar-refractivity contribution in [3.05, 3.63) is 34.9 Å². The number of hydrogen-bond acceptors (Lipinski definition) is 2. The van der Waals surface area contributed by atoms with Crippen LogP contribution in [0.1, 0.15) is 37.7 Å². The number of hydrogen-bond donors (Lipinski definition) is 0. The molecule has 1 spiro atoms. The number of rotatable bonds is 3. The van der Waals surface area contributed by atoms with Crippen LogP contribution in [0, 0.1) is 5.41 Å². The fourth-order valence-corrected chi connectivity index (χ4v) is 3.48. The van der Waals surface area contributed by atoms with E-state index < -0.39 is 0 Å². The van der Waals surface area contributed by atoms with Gasteiger partial charge in [0, 0.05) is 11.4 Å². The van der Waals surface area contributed by atoms with Gasteiger partial charge in [-0.15, -0.1) is 0 Å². The van der Waals surface area contributed by atoms with Gasteiger partial charge in [-0.05, 0) is 30.5 Å². The number of carbonyl (C=O) groups excluding carboxylic acids is 1. The summed E-state index contributed by atoms with van der Waals surface area (Å²) in [4.78, 5) is 11.8. The van der Waals surface area contributed by atoms with E-state index in [9.17, 15) is 4.79 Å². The summed E-state index contributed by atoms with van der Waals surface area (Å²) in [6.45, 7) is 0.556. The predicted octanol–water partition coefficient (Wildman–Crippen LogP) is 3.76. The Hall–Kier alpha value is -0.860. The SMILES string of the molecule is O=C1CC(OCc2cccc(Cl)c2)C12CCCC2. The van der Waals surface area contributed by atoms with Crippen LogP contribution in [0.2, 0.25) is 5.02 Å². The Morgan fingerprint density at radius 1 is 1.33 bits per heavy atom. The Kier molecular flexibility index (Phi) is 3.16. The van der Waals surface area contributed by atoms with Crippen LogP contribution in [-0.4, -0.2) is 11.9 Å². The van der Waals surface area contributed by atoms with Crippen molar-refractivity contribution in [1.82, 2.24) is 0 Å². The molecule has 0 amide bonds.